The van der Waals surface area contributed by atoms with Crippen molar-refractivity contribution in [1.82, 2.24) is 4.90 Å². The Bertz CT molecular complexity index is 1460. The molecule has 1 aromatic heterocycles. The highest BCUT2D eigenvalue weighted by Gasteiger charge is 2.61. The maximum absolute atomic E-state index is 13.4. The van der Waals surface area contributed by atoms with E-state index in [2.05, 4.69) is 0 Å². The zero-order valence-corrected chi connectivity index (χ0v) is 21.3. The van der Waals surface area contributed by atoms with E-state index in [9.17, 15) is 24.0 Å². The lowest BCUT2D eigenvalue weighted by Gasteiger charge is -2.26. The molecule has 2 aliphatic carbocycles. The van der Waals surface area contributed by atoms with Gasteiger partial charge in [-0.3, -0.25) is 19.3 Å². The predicted molar refractivity (Wildman–Crippen MR) is 139 cm³/mol. The monoisotopic (exact) mass is 539 g/mol. The molecular weight excluding hydrogens is 514 g/mol. The van der Waals surface area contributed by atoms with Crippen molar-refractivity contribution in [3.8, 4) is 5.75 Å². The first kappa shape index (κ1) is 25.5. The highest BCUT2D eigenvalue weighted by Crippen LogP contribution is 2.53. The van der Waals surface area contributed by atoms with Crippen LogP contribution in [0.25, 0.3) is 0 Å². The SMILES string of the molecule is O=C(COC(=O)C(Cc1ccccc1)N1C(=O)C2C3C=CC(C3)C2C1=O)c1ccc(OC(=O)c2ccco2)cc1. The van der Waals surface area contributed by atoms with E-state index in [1.807, 2.05) is 42.5 Å². The van der Waals surface area contributed by atoms with Gasteiger partial charge in [0, 0.05) is 12.0 Å². The van der Waals surface area contributed by atoms with E-state index < -0.39 is 42.2 Å². The second-order valence-corrected chi connectivity index (χ2v) is 10.2. The summed E-state index contributed by atoms with van der Waals surface area (Å²) in [6.07, 6.45) is 6.21. The summed E-state index contributed by atoms with van der Waals surface area (Å²) < 4.78 is 15.6. The predicted octanol–water partition coefficient (Wildman–Crippen LogP) is 3.64. The molecule has 2 amide bonds. The number of esters is 2. The number of ketones is 1. The lowest BCUT2D eigenvalue weighted by Crippen LogP contribution is -2.48. The third-order valence-corrected chi connectivity index (χ3v) is 7.81. The summed E-state index contributed by atoms with van der Waals surface area (Å²) in [7, 11) is 0. The van der Waals surface area contributed by atoms with Gasteiger partial charge in [0.15, 0.2) is 12.4 Å². The summed E-state index contributed by atoms with van der Waals surface area (Å²) in [5.74, 6) is -3.32. The zero-order chi connectivity index (χ0) is 27.8. The van der Waals surface area contributed by atoms with Crippen LogP contribution < -0.4 is 4.74 Å². The van der Waals surface area contributed by atoms with Gasteiger partial charge in [-0.2, -0.15) is 0 Å². The molecule has 5 unspecified atom stereocenters. The summed E-state index contributed by atoms with van der Waals surface area (Å²) in [5, 5.41) is 0. The number of hydrogen-bond acceptors (Lipinski definition) is 8. The smallest absolute Gasteiger partial charge is 0.379 e. The molecule has 5 atom stereocenters. The van der Waals surface area contributed by atoms with Crippen LogP contribution in [0.15, 0.2) is 89.6 Å². The fourth-order valence-corrected chi connectivity index (χ4v) is 5.93. The van der Waals surface area contributed by atoms with Gasteiger partial charge in [0.1, 0.15) is 11.8 Å². The van der Waals surface area contributed by atoms with E-state index in [1.54, 1.807) is 6.07 Å². The van der Waals surface area contributed by atoms with Crippen molar-refractivity contribution in [2.75, 3.05) is 6.61 Å². The van der Waals surface area contributed by atoms with Crippen molar-refractivity contribution >= 4 is 29.5 Å². The number of allylic oxidation sites excluding steroid dienone is 2. The van der Waals surface area contributed by atoms with Crippen LogP contribution in [0.4, 0.5) is 0 Å². The Kier molecular flexibility index (Phi) is 6.63. The van der Waals surface area contributed by atoms with Crippen LogP contribution in [-0.4, -0.2) is 47.1 Å². The minimum Gasteiger partial charge on any atom is -0.457 e. The summed E-state index contributed by atoms with van der Waals surface area (Å²) in [5.41, 5.74) is 0.991. The van der Waals surface area contributed by atoms with Crippen molar-refractivity contribution in [2.24, 2.45) is 23.7 Å². The van der Waals surface area contributed by atoms with E-state index >= 15 is 0 Å². The topological polar surface area (TPSA) is 120 Å². The summed E-state index contributed by atoms with van der Waals surface area (Å²) >= 11 is 0. The molecule has 6 rings (SSSR count). The Morgan fingerprint density at radius 2 is 1.55 bits per heavy atom. The van der Waals surface area contributed by atoms with Gasteiger partial charge in [0.25, 0.3) is 0 Å². The number of Topliss-reactive ketones (excluding diaryl/α,β-unsaturated/α-hetero) is 1. The van der Waals surface area contributed by atoms with Gasteiger partial charge in [-0.05, 0) is 60.2 Å². The maximum atomic E-state index is 13.4. The number of likely N-dealkylation sites (tertiary alicyclic amines) is 1. The molecule has 0 N–H and O–H groups in total. The Balaban J connectivity index is 1.13. The summed E-state index contributed by atoms with van der Waals surface area (Å²) in [6, 6.07) is 16.7. The molecule has 40 heavy (non-hydrogen) atoms. The van der Waals surface area contributed by atoms with Crippen molar-refractivity contribution in [2.45, 2.75) is 18.9 Å². The van der Waals surface area contributed by atoms with E-state index in [0.29, 0.717) is 0 Å². The third kappa shape index (κ3) is 4.64. The number of furan rings is 1. The number of imide groups is 1. The average molecular weight is 540 g/mol. The second kappa shape index (κ2) is 10.4. The molecule has 3 aromatic rings. The van der Waals surface area contributed by atoms with Crippen LogP contribution >= 0.6 is 0 Å². The molecule has 2 aromatic carbocycles. The van der Waals surface area contributed by atoms with Crippen LogP contribution in [0.3, 0.4) is 0 Å². The highest BCUT2D eigenvalue weighted by molar-refractivity contribution is 6.09. The minimum atomic E-state index is -1.18. The first-order chi connectivity index (χ1) is 19.4. The normalized spacial score (nSPS) is 23.2. The van der Waals surface area contributed by atoms with Gasteiger partial charge in [-0.25, -0.2) is 9.59 Å². The second-order valence-electron chi connectivity index (χ2n) is 10.2. The van der Waals surface area contributed by atoms with E-state index in [-0.39, 0.29) is 47.1 Å². The Hall–Kier alpha value is -4.79. The first-order valence-electron chi connectivity index (χ1n) is 13.1. The molecule has 1 saturated carbocycles. The van der Waals surface area contributed by atoms with Crippen LogP contribution in [0.2, 0.25) is 0 Å². The third-order valence-electron chi connectivity index (χ3n) is 7.81. The molecule has 9 heteroatoms. The number of rotatable bonds is 9. The molecule has 1 saturated heterocycles. The quantitative estimate of drug-likeness (QED) is 0.133. The number of amides is 2. The van der Waals surface area contributed by atoms with Crippen LogP contribution in [0, 0.1) is 23.7 Å². The zero-order valence-electron chi connectivity index (χ0n) is 21.3. The van der Waals surface area contributed by atoms with Crippen molar-refractivity contribution in [3.05, 3.63) is 102 Å². The van der Waals surface area contributed by atoms with Crippen LogP contribution in [0.5, 0.6) is 5.75 Å². The lowest BCUT2D eigenvalue weighted by molar-refractivity contribution is -0.158. The van der Waals surface area contributed by atoms with Crippen LogP contribution in [0.1, 0.15) is 32.9 Å². The number of ether oxygens (including phenoxy) is 2. The summed E-state index contributed by atoms with van der Waals surface area (Å²) in [4.78, 5) is 66.1. The molecule has 1 aliphatic heterocycles. The van der Waals surface area contributed by atoms with E-state index in [4.69, 9.17) is 13.9 Å². The highest BCUT2D eigenvalue weighted by atomic mass is 16.5. The number of hydrogen-bond donors (Lipinski definition) is 0. The largest absolute Gasteiger partial charge is 0.457 e. The molecule has 202 valence electrons. The van der Waals surface area contributed by atoms with Crippen LogP contribution in [-0.2, 0) is 25.5 Å². The number of carbonyl (C=O) groups is 5. The number of fused-ring (bicyclic) bond motifs is 5. The molecule has 0 spiro atoms. The molecule has 2 bridgehead atoms. The maximum Gasteiger partial charge on any atom is 0.379 e. The number of benzene rings is 2. The van der Waals surface area contributed by atoms with E-state index in [1.165, 1.54) is 36.6 Å². The molecule has 9 nitrogen and oxygen atoms in total. The fraction of sp³-hybridized carbons (Fsp3) is 0.258. The Morgan fingerprint density at radius 1 is 0.875 bits per heavy atom. The molecule has 2 fully saturated rings. The van der Waals surface area contributed by atoms with E-state index in [0.717, 1.165) is 16.9 Å². The minimum absolute atomic E-state index is 0.00718. The fourth-order valence-electron chi connectivity index (χ4n) is 5.93. The van der Waals surface area contributed by atoms with Gasteiger partial charge < -0.3 is 13.9 Å². The van der Waals surface area contributed by atoms with Crippen molar-refractivity contribution in [1.29, 1.82) is 0 Å². The first-order valence-corrected chi connectivity index (χ1v) is 13.1. The van der Waals surface area contributed by atoms with Gasteiger partial charge in [-0.15, -0.1) is 0 Å². The lowest BCUT2D eigenvalue weighted by atomic mass is 9.85. The molecule has 0 radical (unpaired) electrons. The van der Waals surface area contributed by atoms with Gasteiger partial charge in [0.2, 0.25) is 17.6 Å². The Morgan fingerprint density at radius 3 is 2.17 bits per heavy atom. The number of nitrogens with zero attached hydrogens (tertiary/aromatic N) is 1. The standard InChI is InChI=1S/C31H25NO8/c33-24(19-10-12-22(13-11-19)40-31(37)25-7-4-14-38-25)17-39-30(36)23(15-18-5-2-1-3-6-18)32-28(34)26-20-8-9-21(16-20)27(26)29(32)35/h1-14,20-21,23,26-27H,15-17H2. The molecular formula is C31H25NO8. The molecule has 2 heterocycles. The summed E-state index contributed by atoms with van der Waals surface area (Å²) in [6.45, 7) is -0.578. The average Bonchev–Trinajstić information content (AvgIpc) is 3.77. The van der Waals surface area contributed by atoms with Gasteiger partial charge >= 0.3 is 11.9 Å². The number of carbonyl (C=O) groups excluding carboxylic acids is 5. The molecule has 3 aliphatic rings. The van der Waals surface area contributed by atoms with Crippen molar-refractivity contribution in [3.63, 3.8) is 0 Å². The van der Waals surface area contributed by atoms with Gasteiger partial charge in [-0.1, -0.05) is 42.5 Å². The van der Waals surface area contributed by atoms with Gasteiger partial charge in [0.05, 0.1) is 18.1 Å². The van der Waals surface area contributed by atoms with Crippen molar-refractivity contribution < 1.29 is 37.9 Å². The Labute approximate surface area is 229 Å².